The van der Waals surface area contributed by atoms with Crippen LogP contribution >= 0.6 is 0 Å². The molecule has 0 bridgehead atoms. The van der Waals surface area contributed by atoms with Crippen molar-refractivity contribution in [3.8, 4) is 0 Å². The molecule has 1 aromatic heterocycles. The van der Waals surface area contributed by atoms with Crippen LogP contribution in [0.25, 0.3) is 0 Å². The number of amides is 2. The van der Waals surface area contributed by atoms with Crippen LogP contribution in [-0.2, 0) is 16.1 Å². The van der Waals surface area contributed by atoms with Crippen molar-refractivity contribution in [3.05, 3.63) is 56.9 Å². The highest BCUT2D eigenvalue weighted by molar-refractivity contribution is 6.21. The van der Waals surface area contributed by atoms with Gasteiger partial charge in [0.05, 0.1) is 22.6 Å². The zero-order valence-corrected chi connectivity index (χ0v) is 14.7. The Bertz CT molecular complexity index is 929. The van der Waals surface area contributed by atoms with Crippen molar-refractivity contribution in [2.75, 3.05) is 13.2 Å². The third kappa shape index (κ3) is 3.28. The van der Waals surface area contributed by atoms with Crippen LogP contribution in [0.3, 0.4) is 0 Å². The summed E-state index contributed by atoms with van der Waals surface area (Å²) in [5.41, 5.74) is 0.951. The van der Waals surface area contributed by atoms with Crippen LogP contribution in [0.15, 0.2) is 24.3 Å². The molecule has 0 saturated heterocycles. The molecule has 140 valence electrons. The van der Waals surface area contributed by atoms with Crippen molar-refractivity contribution in [2.24, 2.45) is 0 Å². The number of carbonyl (C=O) groups excluding carboxylic acids is 3. The van der Waals surface area contributed by atoms with E-state index in [1.54, 1.807) is 24.3 Å². The molecule has 3 rings (SSSR count). The molecule has 10 nitrogen and oxygen atoms in total. The van der Waals surface area contributed by atoms with Crippen LogP contribution < -0.4 is 0 Å². The average molecular weight is 372 g/mol. The van der Waals surface area contributed by atoms with Crippen molar-refractivity contribution in [1.82, 2.24) is 14.7 Å². The molecular formula is C17H16N4O6. The van der Waals surface area contributed by atoms with Gasteiger partial charge in [-0.3, -0.25) is 34.1 Å². The second-order valence-corrected chi connectivity index (χ2v) is 5.96. The van der Waals surface area contributed by atoms with Gasteiger partial charge in [0.25, 0.3) is 11.8 Å². The zero-order valence-electron chi connectivity index (χ0n) is 14.7. The largest absolute Gasteiger partial charge is 0.462 e. The smallest absolute Gasteiger partial charge is 0.327 e. The number of ether oxygens (including phenoxy) is 1. The SMILES string of the molecule is Cc1nn(CC(=O)OCCN2C(=O)c3ccccc3C2=O)c(C)c1[N+](=O)[O-]. The van der Waals surface area contributed by atoms with Gasteiger partial charge < -0.3 is 4.74 Å². The Morgan fingerprint density at radius 2 is 1.78 bits per heavy atom. The molecule has 0 spiro atoms. The fourth-order valence-corrected chi connectivity index (χ4v) is 2.97. The summed E-state index contributed by atoms with van der Waals surface area (Å²) in [7, 11) is 0. The van der Waals surface area contributed by atoms with E-state index in [9.17, 15) is 24.5 Å². The van der Waals surface area contributed by atoms with E-state index in [-0.39, 0.29) is 36.8 Å². The van der Waals surface area contributed by atoms with Crippen LogP contribution in [0.1, 0.15) is 32.1 Å². The minimum Gasteiger partial charge on any atom is -0.462 e. The molecule has 2 amide bonds. The van der Waals surface area contributed by atoms with E-state index in [0.717, 1.165) is 4.90 Å². The van der Waals surface area contributed by atoms with E-state index in [1.807, 2.05) is 0 Å². The predicted octanol–water partition coefficient (Wildman–Crippen LogP) is 1.25. The molecular weight excluding hydrogens is 356 g/mol. The molecule has 1 aliphatic heterocycles. The number of imide groups is 1. The second kappa shape index (κ2) is 6.98. The lowest BCUT2D eigenvalue weighted by atomic mass is 10.1. The van der Waals surface area contributed by atoms with E-state index in [0.29, 0.717) is 11.1 Å². The first-order valence-corrected chi connectivity index (χ1v) is 8.10. The van der Waals surface area contributed by atoms with Gasteiger partial charge in [-0.1, -0.05) is 12.1 Å². The third-order valence-corrected chi connectivity index (χ3v) is 4.26. The summed E-state index contributed by atoms with van der Waals surface area (Å²) in [5, 5.41) is 14.9. The predicted molar refractivity (Wildman–Crippen MR) is 91.1 cm³/mol. The van der Waals surface area contributed by atoms with Crippen LogP contribution in [0, 0.1) is 24.0 Å². The molecule has 0 N–H and O–H groups in total. The van der Waals surface area contributed by atoms with Crippen molar-refractivity contribution in [1.29, 1.82) is 0 Å². The number of nitrogens with zero attached hydrogens (tertiary/aromatic N) is 4. The monoisotopic (exact) mass is 372 g/mol. The van der Waals surface area contributed by atoms with Gasteiger partial charge in [-0.25, -0.2) is 0 Å². The molecule has 0 aliphatic carbocycles. The lowest BCUT2D eigenvalue weighted by molar-refractivity contribution is -0.386. The molecule has 10 heteroatoms. The molecule has 1 aliphatic rings. The van der Waals surface area contributed by atoms with Gasteiger partial charge in [0.15, 0.2) is 0 Å². The summed E-state index contributed by atoms with van der Waals surface area (Å²) in [6.45, 7) is 2.42. The van der Waals surface area contributed by atoms with E-state index in [1.165, 1.54) is 18.5 Å². The van der Waals surface area contributed by atoms with E-state index < -0.39 is 22.7 Å². The lowest BCUT2D eigenvalue weighted by Gasteiger charge is -2.13. The number of rotatable bonds is 6. The Balaban J connectivity index is 1.57. The maximum absolute atomic E-state index is 12.2. The maximum Gasteiger partial charge on any atom is 0.327 e. The number of hydrogen-bond donors (Lipinski definition) is 0. The minimum atomic E-state index is -0.674. The van der Waals surface area contributed by atoms with Gasteiger partial charge in [-0.2, -0.15) is 5.10 Å². The van der Waals surface area contributed by atoms with Crippen LogP contribution in [0.4, 0.5) is 5.69 Å². The first-order chi connectivity index (χ1) is 12.8. The van der Waals surface area contributed by atoms with Gasteiger partial charge in [-0.05, 0) is 26.0 Å². The number of aryl methyl sites for hydroxylation is 1. The molecule has 27 heavy (non-hydrogen) atoms. The average Bonchev–Trinajstić information content (AvgIpc) is 3.03. The topological polar surface area (TPSA) is 125 Å². The number of aromatic nitrogens is 2. The first-order valence-electron chi connectivity index (χ1n) is 8.10. The summed E-state index contributed by atoms with van der Waals surface area (Å²) in [6, 6.07) is 6.47. The Labute approximate surface area is 153 Å². The summed E-state index contributed by atoms with van der Waals surface area (Å²) in [6.07, 6.45) is 0. The molecule has 0 unspecified atom stereocenters. The van der Waals surface area contributed by atoms with Gasteiger partial charge in [-0.15, -0.1) is 0 Å². The van der Waals surface area contributed by atoms with Crippen LogP contribution in [0.2, 0.25) is 0 Å². The van der Waals surface area contributed by atoms with Gasteiger partial charge in [0.1, 0.15) is 24.5 Å². The Morgan fingerprint density at radius 1 is 1.19 bits per heavy atom. The first kappa shape index (κ1) is 18.2. The number of esters is 1. The highest BCUT2D eigenvalue weighted by Crippen LogP contribution is 2.23. The Kier molecular flexibility index (Phi) is 4.72. The molecule has 0 saturated carbocycles. The van der Waals surface area contributed by atoms with Crippen molar-refractivity contribution >= 4 is 23.5 Å². The Morgan fingerprint density at radius 3 is 2.30 bits per heavy atom. The molecule has 0 atom stereocenters. The molecule has 2 heterocycles. The lowest BCUT2D eigenvalue weighted by Crippen LogP contribution is -2.33. The van der Waals surface area contributed by atoms with Gasteiger partial charge in [0, 0.05) is 0 Å². The Hall–Kier alpha value is -3.56. The highest BCUT2D eigenvalue weighted by atomic mass is 16.6. The molecule has 0 fully saturated rings. The number of benzene rings is 1. The summed E-state index contributed by atoms with van der Waals surface area (Å²) in [4.78, 5) is 47.8. The molecule has 1 aromatic carbocycles. The second-order valence-electron chi connectivity index (χ2n) is 5.96. The fraction of sp³-hybridized carbons (Fsp3) is 0.294. The number of carbonyl (C=O) groups is 3. The van der Waals surface area contributed by atoms with Crippen LogP contribution in [-0.4, -0.2) is 50.5 Å². The molecule has 2 aromatic rings. The van der Waals surface area contributed by atoms with Crippen molar-refractivity contribution < 1.29 is 24.0 Å². The minimum absolute atomic E-state index is 0.0741. The van der Waals surface area contributed by atoms with Crippen LogP contribution in [0.5, 0.6) is 0 Å². The van der Waals surface area contributed by atoms with E-state index >= 15 is 0 Å². The molecule has 0 radical (unpaired) electrons. The normalized spacial score (nSPS) is 13.0. The standard InChI is InChI=1S/C17H16N4O6/c1-10-15(21(25)26)11(2)20(18-10)9-14(22)27-8-7-19-16(23)12-5-3-4-6-13(12)17(19)24/h3-6H,7-9H2,1-2H3. The maximum atomic E-state index is 12.2. The number of nitro groups is 1. The number of hydrogen-bond acceptors (Lipinski definition) is 7. The third-order valence-electron chi connectivity index (χ3n) is 4.26. The van der Waals surface area contributed by atoms with E-state index in [2.05, 4.69) is 5.10 Å². The van der Waals surface area contributed by atoms with Crippen molar-refractivity contribution in [2.45, 2.75) is 20.4 Å². The summed E-state index contributed by atoms with van der Waals surface area (Å²) >= 11 is 0. The van der Waals surface area contributed by atoms with Gasteiger partial charge in [0.2, 0.25) is 0 Å². The van der Waals surface area contributed by atoms with E-state index in [4.69, 9.17) is 4.74 Å². The number of fused-ring (bicyclic) bond motifs is 1. The quantitative estimate of drug-likeness (QED) is 0.323. The summed E-state index contributed by atoms with van der Waals surface area (Å²) in [5.74, 6) is -1.53. The fourth-order valence-electron chi connectivity index (χ4n) is 2.97. The zero-order chi connectivity index (χ0) is 19.7. The summed E-state index contributed by atoms with van der Waals surface area (Å²) < 4.78 is 6.24. The van der Waals surface area contributed by atoms with Crippen molar-refractivity contribution in [3.63, 3.8) is 0 Å². The highest BCUT2D eigenvalue weighted by Gasteiger charge is 2.34. The van der Waals surface area contributed by atoms with Gasteiger partial charge >= 0.3 is 11.7 Å².